The molecule has 3 atom stereocenters. The van der Waals surface area contributed by atoms with Gasteiger partial charge in [-0.3, -0.25) is 0 Å². The molecule has 0 amide bonds. The average Bonchev–Trinajstić information content (AvgIpc) is 2.63. The summed E-state index contributed by atoms with van der Waals surface area (Å²) in [4.78, 5) is 0. The normalized spacial score (nSPS) is 44.8. The van der Waals surface area contributed by atoms with Crippen LogP contribution in [-0.4, -0.2) is 17.3 Å². The molecule has 2 rings (SSSR count). The Morgan fingerprint density at radius 3 is 2.39 bits per heavy atom. The minimum atomic E-state index is -0.500. The molecule has 106 valence electrons. The molecule has 2 aliphatic rings. The Balaban J connectivity index is 2.19. The molecule has 0 aromatic heterocycles. The summed E-state index contributed by atoms with van der Waals surface area (Å²) in [5.74, 6) is 0.730. The Kier molecular flexibility index (Phi) is 3.81. The number of hydrogen-bond donors (Lipinski definition) is 2. The molecule has 2 heteroatoms. The highest BCUT2D eigenvalue weighted by Crippen LogP contribution is 2.54. The molecule has 0 aromatic rings. The van der Waals surface area contributed by atoms with E-state index < -0.39 is 5.60 Å². The van der Waals surface area contributed by atoms with E-state index in [-0.39, 0.29) is 5.41 Å². The molecule has 2 nitrogen and oxygen atoms in total. The molecule has 18 heavy (non-hydrogen) atoms. The molecule has 0 aliphatic heterocycles. The van der Waals surface area contributed by atoms with Crippen LogP contribution in [0.2, 0.25) is 0 Å². The van der Waals surface area contributed by atoms with Gasteiger partial charge >= 0.3 is 0 Å². The second kappa shape index (κ2) is 4.79. The van der Waals surface area contributed by atoms with Crippen molar-refractivity contribution in [2.24, 2.45) is 22.5 Å². The highest BCUT2D eigenvalue weighted by atomic mass is 16.3. The molecule has 3 unspecified atom stereocenters. The Labute approximate surface area is 112 Å². The third-order valence-corrected chi connectivity index (χ3v) is 5.89. The molecule has 2 saturated carbocycles. The predicted molar refractivity (Wildman–Crippen MR) is 76.3 cm³/mol. The van der Waals surface area contributed by atoms with Gasteiger partial charge in [-0.15, -0.1) is 0 Å². The second-order valence-corrected chi connectivity index (χ2v) is 7.88. The molecule has 0 radical (unpaired) electrons. The quantitative estimate of drug-likeness (QED) is 0.740. The van der Waals surface area contributed by atoms with Gasteiger partial charge in [0.1, 0.15) is 0 Å². The van der Waals surface area contributed by atoms with Crippen molar-refractivity contribution in [1.29, 1.82) is 0 Å². The summed E-state index contributed by atoms with van der Waals surface area (Å²) in [7, 11) is 0. The van der Waals surface area contributed by atoms with E-state index in [0.717, 1.165) is 44.4 Å². The summed E-state index contributed by atoms with van der Waals surface area (Å²) < 4.78 is 0. The van der Waals surface area contributed by atoms with Crippen LogP contribution in [0.1, 0.15) is 72.1 Å². The molecule has 3 N–H and O–H groups in total. The summed E-state index contributed by atoms with van der Waals surface area (Å²) in [5, 5.41) is 11.3. The van der Waals surface area contributed by atoms with Gasteiger partial charge in [0.2, 0.25) is 0 Å². The van der Waals surface area contributed by atoms with E-state index in [2.05, 4.69) is 20.8 Å². The molecular weight excluding hydrogens is 222 g/mol. The molecule has 0 saturated heterocycles. The van der Waals surface area contributed by atoms with Gasteiger partial charge in [0.25, 0.3) is 0 Å². The standard InChI is InChI=1S/C16H31NO/c1-13-5-8-15(11-13,12-17)16(18)7-4-6-14(2,3)9-10-16/h13,18H,4-12,17H2,1-3H3. The zero-order chi connectivity index (χ0) is 13.4. The number of rotatable bonds is 2. The minimum absolute atomic E-state index is 0.00678. The monoisotopic (exact) mass is 253 g/mol. The van der Waals surface area contributed by atoms with Gasteiger partial charge in [-0.2, -0.15) is 0 Å². The number of hydrogen-bond acceptors (Lipinski definition) is 2. The van der Waals surface area contributed by atoms with E-state index in [1.54, 1.807) is 0 Å². The fraction of sp³-hybridized carbons (Fsp3) is 1.00. The number of nitrogens with two attached hydrogens (primary N) is 1. The first-order valence-electron chi connectivity index (χ1n) is 7.75. The topological polar surface area (TPSA) is 46.2 Å². The SMILES string of the molecule is CC1CCC(CN)(C2(O)CCCC(C)(C)CC2)C1. The van der Waals surface area contributed by atoms with Gasteiger partial charge in [0.15, 0.2) is 0 Å². The van der Waals surface area contributed by atoms with Crippen molar-refractivity contribution in [3.05, 3.63) is 0 Å². The van der Waals surface area contributed by atoms with Gasteiger partial charge in [-0.1, -0.05) is 33.6 Å². The zero-order valence-electron chi connectivity index (χ0n) is 12.5. The highest BCUT2D eigenvalue weighted by Gasteiger charge is 2.52. The summed E-state index contributed by atoms with van der Waals surface area (Å²) in [5.41, 5.74) is 6.01. The Bertz CT molecular complexity index is 301. The minimum Gasteiger partial charge on any atom is -0.389 e. The molecule has 0 heterocycles. The highest BCUT2D eigenvalue weighted by molar-refractivity contribution is 5.05. The van der Waals surface area contributed by atoms with Crippen LogP contribution in [-0.2, 0) is 0 Å². The molecule has 0 bridgehead atoms. The summed E-state index contributed by atoms with van der Waals surface area (Å²) in [6, 6.07) is 0. The zero-order valence-corrected chi connectivity index (χ0v) is 12.5. The maximum Gasteiger partial charge on any atom is 0.0716 e. The average molecular weight is 253 g/mol. The van der Waals surface area contributed by atoms with E-state index in [1.165, 1.54) is 12.8 Å². The Morgan fingerprint density at radius 2 is 1.83 bits per heavy atom. The van der Waals surface area contributed by atoms with Gasteiger partial charge in [0, 0.05) is 12.0 Å². The van der Waals surface area contributed by atoms with Gasteiger partial charge in [0.05, 0.1) is 5.60 Å². The Morgan fingerprint density at radius 1 is 1.11 bits per heavy atom. The van der Waals surface area contributed by atoms with Crippen molar-refractivity contribution in [3.8, 4) is 0 Å². The van der Waals surface area contributed by atoms with Crippen LogP contribution in [0.3, 0.4) is 0 Å². The number of aliphatic hydroxyl groups is 1. The van der Waals surface area contributed by atoms with Crippen LogP contribution < -0.4 is 5.73 Å². The molecular formula is C16H31NO. The third kappa shape index (κ3) is 2.46. The van der Waals surface area contributed by atoms with Crippen LogP contribution in [0.25, 0.3) is 0 Å². The third-order valence-electron chi connectivity index (χ3n) is 5.89. The molecule has 0 aromatic carbocycles. The van der Waals surface area contributed by atoms with Crippen LogP contribution in [0.4, 0.5) is 0 Å². The first kappa shape index (κ1) is 14.3. The Hall–Kier alpha value is -0.0800. The summed E-state index contributed by atoms with van der Waals surface area (Å²) >= 11 is 0. The van der Waals surface area contributed by atoms with E-state index >= 15 is 0 Å². The van der Waals surface area contributed by atoms with Crippen LogP contribution in [0, 0.1) is 16.7 Å². The lowest BCUT2D eigenvalue weighted by Gasteiger charge is -2.45. The van der Waals surface area contributed by atoms with Crippen LogP contribution >= 0.6 is 0 Å². The summed E-state index contributed by atoms with van der Waals surface area (Å²) in [6.45, 7) is 7.64. The van der Waals surface area contributed by atoms with Gasteiger partial charge in [-0.05, 0) is 49.9 Å². The first-order valence-corrected chi connectivity index (χ1v) is 7.75. The van der Waals surface area contributed by atoms with Crippen molar-refractivity contribution >= 4 is 0 Å². The largest absolute Gasteiger partial charge is 0.389 e. The van der Waals surface area contributed by atoms with Crippen molar-refractivity contribution in [2.75, 3.05) is 6.54 Å². The lowest BCUT2D eigenvalue weighted by atomic mass is 9.66. The van der Waals surface area contributed by atoms with Gasteiger partial charge < -0.3 is 10.8 Å². The maximum absolute atomic E-state index is 11.3. The fourth-order valence-corrected chi connectivity index (χ4v) is 4.38. The van der Waals surface area contributed by atoms with Crippen molar-refractivity contribution < 1.29 is 5.11 Å². The van der Waals surface area contributed by atoms with Crippen molar-refractivity contribution in [1.82, 2.24) is 0 Å². The second-order valence-electron chi connectivity index (χ2n) is 7.88. The van der Waals surface area contributed by atoms with E-state index in [0.29, 0.717) is 12.0 Å². The van der Waals surface area contributed by atoms with Crippen molar-refractivity contribution in [3.63, 3.8) is 0 Å². The van der Waals surface area contributed by atoms with E-state index in [1.807, 2.05) is 0 Å². The van der Waals surface area contributed by atoms with E-state index in [4.69, 9.17) is 5.73 Å². The fourth-order valence-electron chi connectivity index (χ4n) is 4.38. The van der Waals surface area contributed by atoms with Crippen LogP contribution in [0.5, 0.6) is 0 Å². The lowest BCUT2D eigenvalue weighted by Crippen LogP contribution is -2.51. The molecule has 2 fully saturated rings. The lowest BCUT2D eigenvalue weighted by molar-refractivity contribution is -0.0921. The van der Waals surface area contributed by atoms with Gasteiger partial charge in [-0.25, -0.2) is 0 Å². The maximum atomic E-state index is 11.3. The van der Waals surface area contributed by atoms with Crippen molar-refractivity contribution in [2.45, 2.75) is 77.7 Å². The molecule has 0 spiro atoms. The molecule has 2 aliphatic carbocycles. The van der Waals surface area contributed by atoms with E-state index in [9.17, 15) is 5.11 Å². The first-order chi connectivity index (χ1) is 8.33. The summed E-state index contributed by atoms with van der Waals surface area (Å²) in [6.07, 6.45) is 8.93. The van der Waals surface area contributed by atoms with Crippen LogP contribution in [0.15, 0.2) is 0 Å². The predicted octanol–water partition coefficient (Wildman–Crippen LogP) is 3.47. The smallest absolute Gasteiger partial charge is 0.0716 e.